The van der Waals surface area contributed by atoms with E-state index < -0.39 is 0 Å². The van der Waals surface area contributed by atoms with Gasteiger partial charge in [0.1, 0.15) is 17.2 Å². The first kappa shape index (κ1) is 19.1. The molecule has 5 aromatic rings. The lowest BCUT2D eigenvalue weighted by molar-refractivity contribution is 0.595. The Labute approximate surface area is 181 Å². The van der Waals surface area contributed by atoms with Crippen LogP contribution in [0.3, 0.4) is 0 Å². The zero-order valence-electron chi connectivity index (χ0n) is 17.8. The molecule has 3 heteroatoms. The second-order valence-corrected chi connectivity index (χ2v) is 8.78. The number of nitriles is 1. The van der Waals surface area contributed by atoms with Crippen molar-refractivity contribution in [2.45, 2.75) is 26.2 Å². The van der Waals surface area contributed by atoms with Gasteiger partial charge in [0.2, 0.25) is 0 Å². The largest absolute Gasteiger partial charge is 0.454 e. The summed E-state index contributed by atoms with van der Waals surface area (Å²) < 4.78 is 6.50. The van der Waals surface area contributed by atoms with Crippen LogP contribution in [0.1, 0.15) is 31.9 Å². The summed E-state index contributed by atoms with van der Waals surface area (Å²) in [6, 6.07) is 26.6. The van der Waals surface area contributed by atoms with Gasteiger partial charge in [-0.1, -0.05) is 69.3 Å². The van der Waals surface area contributed by atoms with Gasteiger partial charge in [-0.15, -0.1) is 0 Å². The van der Waals surface area contributed by atoms with Crippen LogP contribution < -0.4 is 0 Å². The summed E-state index contributed by atoms with van der Waals surface area (Å²) in [4.78, 5) is 4.52. The Kier molecular flexibility index (Phi) is 4.38. The number of benzene rings is 3. The molecule has 0 aliphatic carbocycles. The molecule has 0 amide bonds. The predicted octanol–water partition coefficient (Wildman–Crippen LogP) is 7.48. The van der Waals surface area contributed by atoms with Crippen LogP contribution in [0.2, 0.25) is 0 Å². The van der Waals surface area contributed by atoms with Crippen LogP contribution in [-0.4, -0.2) is 4.98 Å². The van der Waals surface area contributed by atoms with Gasteiger partial charge in [0.05, 0.1) is 5.69 Å². The summed E-state index contributed by atoms with van der Waals surface area (Å²) in [5, 5.41) is 12.2. The van der Waals surface area contributed by atoms with Crippen LogP contribution in [0, 0.1) is 11.3 Å². The smallest absolute Gasteiger partial charge is 0.154 e. The fraction of sp³-hybridized carbons (Fsp3) is 0.143. The molecule has 5 rings (SSSR count). The lowest BCUT2D eigenvalue weighted by Gasteiger charge is -2.22. The van der Waals surface area contributed by atoms with E-state index in [1.54, 1.807) is 6.20 Å². The van der Waals surface area contributed by atoms with Gasteiger partial charge in [-0.05, 0) is 40.8 Å². The van der Waals surface area contributed by atoms with Gasteiger partial charge in [-0.3, -0.25) is 4.98 Å². The fourth-order valence-electron chi connectivity index (χ4n) is 4.25. The Bertz CT molecular complexity index is 1450. The number of para-hydroxylation sites is 1. The molecule has 0 atom stereocenters. The molecule has 0 bridgehead atoms. The molecule has 0 aliphatic rings. The van der Waals surface area contributed by atoms with Crippen molar-refractivity contribution in [3.8, 4) is 28.5 Å². The van der Waals surface area contributed by atoms with E-state index in [9.17, 15) is 5.26 Å². The highest BCUT2D eigenvalue weighted by atomic mass is 16.3. The first-order chi connectivity index (χ1) is 15.0. The van der Waals surface area contributed by atoms with E-state index in [0.29, 0.717) is 11.1 Å². The Morgan fingerprint density at radius 2 is 1.61 bits per heavy atom. The molecule has 3 nitrogen and oxygen atoms in total. The van der Waals surface area contributed by atoms with E-state index in [2.05, 4.69) is 44.0 Å². The molecule has 0 radical (unpaired) electrons. The molecule has 0 N–H and O–H groups in total. The third-order valence-electron chi connectivity index (χ3n) is 5.72. The summed E-state index contributed by atoms with van der Waals surface area (Å²) in [5.41, 5.74) is 6.71. The normalized spacial score (nSPS) is 11.7. The first-order valence-corrected chi connectivity index (χ1v) is 10.4. The molecule has 0 fully saturated rings. The lowest BCUT2D eigenvalue weighted by Crippen LogP contribution is -2.12. The Morgan fingerprint density at radius 3 is 2.29 bits per heavy atom. The van der Waals surface area contributed by atoms with E-state index in [1.165, 1.54) is 0 Å². The summed E-state index contributed by atoms with van der Waals surface area (Å²) in [7, 11) is 0. The number of furan rings is 1. The molecule has 2 aromatic heterocycles. The van der Waals surface area contributed by atoms with Crippen LogP contribution in [0.25, 0.3) is 44.3 Å². The van der Waals surface area contributed by atoms with Crippen molar-refractivity contribution < 1.29 is 4.42 Å². The molecular weight excluding hydrogens is 380 g/mol. The molecule has 3 aromatic carbocycles. The van der Waals surface area contributed by atoms with Crippen molar-refractivity contribution in [2.75, 3.05) is 0 Å². The number of fused-ring (bicyclic) bond motifs is 3. The molecule has 31 heavy (non-hydrogen) atoms. The molecule has 0 unspecified atom stereocenters. The molecule has 2 heterocycles. The standard InChI is InChI=1S/C28H22N2O/c1-28(2,3)23-16-21(18-10-5-4-6-11-18)22(17-29)27-25(23)20-13-9-12-19(26(20)31-27)24-14-7-8-15-30-24/h4-16H,1-3H3. The topological polar surface area (TPSA) is 49.8 Å². The van der Waals surface area contributed by atoms with Gasteiger partial charge in [0, 0.05) is 28.1 Å². The zero-order chi connectivity index (χ0) is 21.6. The molecule has 0 saturated carbocycles. The van der Waals surface area contributed by atoms with Gasteiger partial charge >= 0.3 is 0 Å². The van der Waals surface area contributed by atoms with Gasteiger partial charge in [-0.2, -0.15) is 5.26 Å². The van der Waals surface area contributed by atoms with Gasteiger partial charge in [-0.25, -0.2) is 0 Å². The third-order valence-corrected chi connectivity index (χ3v) is 5.72. The monoisotopic (exact) mass is 402 g/mol. The van der Waals surface area contributed by atoms with Crippen molar-refractivity contribution in [3.63, 3.8) is 0 Å². The van der Waals surface area contributed by atoms with E-state index in [0.717, 1.165) is 44.3 Å². The van der Waals surface area contributed by atoms with E-state index >= 15 is 0 Å². The first-order valence-electron chi connectivity index (χ1n) is 10.4. The molecule has 150 valence electrons. The minimum atomic E-state index is -0.131. The Balaban J connectivity index is 1.96. The van der Waals surface area contributed by atoms with Crippen molar-refractivity contribution in [1.29, 1.82) is 5.26 Å². The van der Waals surface area contributed by atoms with Crippen molar-refractivity contribution in [1.82, 2.24) is 4.98 Å². The van der Waals surface area contributed by atoms with E-state index in [4.69, 9.17) is 4.42 Å². The average molecular weight is 402 g/mol. The zero-order valence-corrected chi connectivity index (χ0v) is 17.8. The van der Waals surface area contributed by atoms with Crippen LogP contribution in [-0.2, 0) is 5.41 Å². The van der Waals surface area contributed by atoms with E-state index in [-0.39, 0.29) is 5.41 Å². The molecule has 0 saturated heterocycles. The third kappa shape index (κ3) is 3.08. The van der Waals surface area contributed by atoms with Crippen LogP contribution in [0.4, 0.5) is 0 Å². The molecule has 0 spiro atoms. The van der Waals surface area contributed by atoms with Crippen molar-refractivity contribution in [3.05, 3.63) is 90.1 Å². The maximum atomic E-state index is 10.2. The van der Waals surface area contributed by atoms with E-state index in [1.807, 2.05) is 60.7 Å². The van der Waals surface area contributed by atoms with Crippen LogP contribution >= 0.6 is 0 Å². The average Bonchev–Trinajstić information content (AvgIpc) is 3.18. The number of rotatable bonds is 2. The minimum absolute atomic E-state index is 0.131. The van der Waals surface area contributed by atoms with Crippen LogP contribution in [0.5, 0.6) is 0 Å². The number of pyridine rings is 1. The summed E-state index contributed by atoms with van der Waals surface area (Å²) in [5.74, 6) is 0. The second kappa shape index (κ2) is 7.11. The van der Waals surface area contributed by atoms with Crippen LogP contribution in [0.15, 0.2) is 83.4 Å². The molecular formula is C28H22N2O. The highest BCUT2D eigenvalue weighted by Gasteiger charge is 2.26. The number of hydrogen-bond donors (Lipinski definition) is 0. The SMILES string of the molecule is CC(C)(C)c1cc(-c2ccccc2)c(C#N)c2oc3c(-c4ccccn4)cccc3c12. The summed E-state index contributed by atoms with van der Waals surface area (Å²) in [6.07, 6.45) is 1.78. The number of hydrogen-bond acceptors (Lipinski definition) is 3. The molecule has 0 aliphatic heterocycles. The van der Waals surface area contributed by atoms with Gasteiger partial charge < -0.3 is 4.42 Å². The Hall–Kier alpha value is -3.90. The van der Waals surface area contributed by atoms with Crippen molar-refractivity contribution in [2.24, 2.45) is 0 Å². The fourth-order valence-corrected chi connectivity index (χ4v) is 4.25. The number of nitrogens with zero attached hydrogens (tertiary/aromatic N) is 2. The second-order valence-electron chi connectivity index (χ2n) is 8.78. The predicted molar refractivity (Wildman–Crippen MR) is 126 cm³/mol. The maximum Gasteiger partial charge on any atom is 0.154 e. The minimum Gasteiger partial charge on any atom is -0.454 e. The summed E-state index contributed by atoms with van der Waals surface area (Å²) in [6.45, 7) is 6.60. The lowest BCUT2D eigenvalue weighted by atomic mass is 9.81. The maximum absolute atomic E-state index is 10.2. The highest BCUT2D eigenvalue weighted by Crippen LogP contribution is 2.44. The summed E-state index contributed by atoms with van der Waals surface area (Å²) >= 11 is 0. The van der Waals surface area contributed by atoms with Gasteiger partial charge in [0.25, 0.3) is 0 Å². The highest BCUT2D eigenvalue weighted by molar-refractivity contribution is 6.13. The Morgan fingerprint density at radius 1 is 0.839 bits per heavy atom. The quantitative estimate of drug-likeness (QED) is 0.307. The van der Waals surface area contributed by atoms with Gasteiger partial charge in [0.15, 0.2) is 5.58 Å². The van der Waals surface area contributed by atoms with Crippen molar-refractivity contribution >= 4 is 21.9 Å². The number of aromatic nitrogens is 1.